The predicted molar refractivity (Wildman–Crippen MR) is 150 cm³/mol. The summed E-state index contributed by atoms with van der Waals surface area (Å²) in [5.74, 6) is 0.197. The van der Waals surface area contributed by atoms with E-state index in [1.54, 1.807) is 44.2 Å². The minimum atomic E-state index is -1.21. The summed E-state index contributed by atoms with van der Waals surface area (Å²) >= 11 is 0. The van der Waals surface area contributed by atoms with Crippen LogP contribution in [0.4, 0.5) is 4.79 Å². The van der Waals surface area contributed by atoms with E-state index in [1.807, 2.05) is 0 Å². The molecule has 2 aromatic rings. The van der Waals surface area contributed by atoms with Gasteiger partial charge in [-0.15, -0.1) is 0 Å². The maximum Gasteiger partial charge on any atom is 0.337 e. The highest BCUT2D eigenvalue weighted by molar-refractivity contribution is 5.95. The second-order valence-electron chi connectivity index (χ2n) is 8.76. The molecule has 1 heterocycles. The Kier molecular flexibility index (Phi) is 11.0. The summed E-state index contributed by atoms with van der Waals surface area (Å²) in [4.78, 5) is 35.9. The molecule has 0 bridgehead atoms. The highest BCUT2D eigenvalue weighted by atomic mass is 16.6. The van der Waals surface area contributed by atoms with Gasteiger partial charge in [-0.3, -0.25) is 10.2 Å². The van der Waals surface area contributed by atoms with Gasteiger partial charge < -0.3 is 44.2 Å². The number of amides is 2. The molecule has 14 nitrogen and oxygen atoms in total. The Labute approximate surface area is 242 Å². The van der Waals surface area contributed by atoms with E-state index in [2.05, 4.69) is 21.2 Å². The molecule has 2 atom stereocenters. The molecule has 1 aliphatic rings. The number of esters is 2. The van der Waals surface area contributed by atoms with Gasteiger partial charge in [0, 0.05) is 18.2 Å². The summed E-state index contributed by atoms with van der Waals surface area (Å²) in [5.41, 5.74) is 4.28. The number of nitrogens with one attached hydrogen (secondary N) is 3. The molecule has 0 saturated carbocycles. The van der Waals surface area contributed by atoms with Crippen molar-refractivity contribution in [3.63, 3.8) is 0 Å². The van der Waals surface area contributed by atoms with Gasteiger partial charge >= 0.3 is 18.0 Å². The number of hydrogen-bond acceptors (Lipinski definition) is 12. The Morgan fingerprint density at radius 1 is 1.07 bits per heavy atom. The number of carbonyl (C=O) groups is 3. The van der Waals surface area contributed by atoms with Crippen LogP contribution >= 0.6 is 0 Å². The molecule has 2 amide bonds. The minimum Gasteiger partial charge on any atom is -0.493 e. The van der Waals surface area contributed by atoms with Gasteiger partial charge in [0.05, 0.1) is 45.8 Å². The highest BCUT2D eigenvalue weighted by Crippen LogP contribution is 2.38. The largest absolute Gasteiger partial charge is 0.493 e. The average Bonchev–Trinajstić information content (AvgIpc) is 2.96. The van der Waals surface area contributed by atoms with Gasteiger partial charge in [0.2, 0.25) is 5.75 Å². The molecule has 0 aliphatic carbocycles. The number of urea groups is 1. The molecule has 0 unspecified atom stereocenters. The van der Waals surface area contributed by atoms with Crippen LogP contribution in [0.15, 0.2) is 46.7 Å². The second kappa shape index (κ2) is 14.6. The predicted octanol–water partition coefficient (Wildman–Crippen LogP) is 2.15. The van der Waals surface area contributed by atoms with E-state index in [0.717, 1.165) is 0 Å². The molecule has 14 heteroatoms. The zero-order chi connectivity index (χ0) is 30.8. The van der Waals surface area contributed by atoms with Crippen molar-refractivity contribution < 1.29 is 47.9 Å². The Balaban J connectivity index is 1.71. The maximum absolute atomic E-state index is 12.4. The van der Waals surface area contributed by atoms with E-state index in [-0.39, 0.29) is 29.4 Å². The summed E-state index contributed by atoms with van der Waals surface area (Å²) < 4.78 is 32.1. The molecular weight excluding hydrogens is 552 g/mol. The normalized spacial score (nSPS) is 15.3. The van der Waals surface area contributed by atoms with Crippen LogP contribution < -0.4 is 39.7 Å². The first-order valence-electron chi connectivity index (χ1n) is 12.8. The number of carbonyl (C=O) groups excluding carboxylic acids is 3. The van der Waals surface area contributed by atoms with Crippen LogP contribution in [0.2, 0.25) is 0 Å². The van der Waals surface area contributed by atoms with E-state index in [4.69, 9.17) is 28.4 Å². The Morgan fingerprint density at radius 3 is 2.36 bits per heavy atom. The minimum absolute atomic E-state index is 0.136. The molecule has 4 N–H and O–H groups in total. The summed E-state index contributed by atoms with van der Waals surface area (Å²) in [6.07, 6.45) is 0.202. The SMILES string of the molecule is CCOc1cc([C@H]2NC(=O)NC(C)=C2C(=O)OC)ccc1OC[C@@H](O)N/N=C/c1cc(OC)c(OC(C)=O)c(OC)c1. The lowest BCUT2D eigenvalue weighted by atomic mass is 9.95. The zero-order valence-electron chi connectivity index (χ0n) is 24.1. The second-order valence-corrected chi connectivity index (χ2v) is 8.76. The maximum atomic E-state index is 12.4. The number of aliphatic hydroxyl groups is 1. The number of methoxy groups -OCH3 is 3. The number of aliphatic hydroxyl groups excluding tert-OH is 1. The summed E-state index contributed by atoms with van der Waals surface area (Å²) in [5, 5.41) is 19.7. The lowest BCUT2D eigenvalue weighted by molar-refractivity contribution is -0.136. The van der Waals surface area contributed by atoms with Crippen LogP contribution in [0.3, 0.4) is 0 Å². The third-order valence-corrected chi connectivity index (χ3v) is 5.84. The van der Waals surface area contributed by atoms with Crippen LogP contribution in [0.5, 0.6) is 28.7 Å². The van der Waals surface area contributed by atoms with Gasteiger partial charge in [-0.25, -0.2) is 9.59 Å². The fourth-order valence-corrected chi connectivity index (χ4v) is 4.04. The Bertz CT molecular complexity index is 1350. The van der Waals surface area contributed by atoms with Crippen molar-refractivity contribution in [3.05, 3.63) is 52.7 Å². The molecule has 42 heavy (non-hydrogen) atoms. The first-order chi connectivity index (χ1) is 20.1. The van der Waals surface area contributed by atoms with Crippen LogP contribution in [0.25, 0.3) is 0 Å². The van der Waals surface area contributed by atoms with Gasteiger partial charge in [0.25, 0.3) is 0 Å². The number of ether oxygens (including phenoxy) is 6. The van der Waals surface area contributed by atoms with Crippen molar-refractivity contribution >= 4 is 24.2 Å². The number of hydrogen-bond donors (Lipinski definition) is 4. The lowest BCUT2D eigenvalue weighted by Gasteiger charge is -2.28. The highest BCUT2D eigenvalue weighted by Gasteiger charge is 2.32. The standard InChI is InChI=1S/C28H34N4O10/c1-7-40-20-12-18(25-24(27(35)39-6)15(2)30-28(36)31-25)8-9-19(20)41-14-23(34)32-29-13-17-10-21(37-4)26(42-16(3)33)22(11-17)38-5/h8-13,23,25,32,34H,7,14H2,1-6H3,(H2,30,31,36)/b29-13+/t23-,25-/m1/s1. The van der Waals surface area contributed by atoms with E-state index < -0.39 is 30.2 Å². The topological polar surface area (TPSA) is 175 Å². The number of rotatable bonds is 13. The van der Waals surface area contributed by atoms with E-state index in [1.165, 1.54) is 34.5 Å². The van der Waals surface area contributed by atoms with Gasteiger partial charge in [-0.1, -0.05) is 6.07 Å². The fourth-order valence-electron chi connectivity index (χ4n) is 4.04. The third kappa shape index (κ3) is 7.81. The molecule has 3 rings (SSSR count). The van der Waals surface area contributed by atoms with Crippen LogP contribution in [-0.4, -0.2) is 70.1 Å². The van der Waals surface area contributed by atoms with Crippen LogP contribution in [0.1, 0.15) is 37.9 Å². The van der Waals surface area contributed by atoms with E-state index in [0.29, 0.717) is 34.9 Å². The molecule has 0 fully saturated rings. The number of allylic oxidation sites excluding steroid dienone is 1. The molecule has 0 aromatic heterocycles. The van der Waals surface area contributed by atoms with Crippen molar-refractivity contribution in [2.75, 3.05) is 34.5 Å². The van der Waals surface area contributed by atoms with Gasteiger partial charge in [-0.2, -0.15) is 5.10 Å². The van der Waals surface area contributed by atoms with Crippen molar-refractivity contribution in [2.45, 2.75) is 33.0 Å². The number of hydrazone groups is 1. The van der Waals surface area contributed by atoms with Crippen molar-refractivity contribution in [1.82, 2.24) is 16.1 Å². The molecule has 226 valence electrons. The fraction of sp³-hybridized carbons (Fsp3) is 0.357. The molecule has 0 spiro atoms. The summed E-state index contributed by atoms with van der Waals surface area (Å²) in [7, 11) is 4.10. The van der Waals surface area contributed by atoms with Crippen LogP contribution in [0, 0.1) is 0 Å². The van der Waals surface area contributed by atoms with Gasteiger partial charge in [-0.05, 0) is 43.7 Å². The lowest BCUT2D eigenvalue weighted by Crippen LogP contribution is -2.45. The molecule has 0 saturated heterocycles. The van der Waals surface area contributed by atoms with E-state index in [9.17, 15) is 19.5 Å². The average molecular weight is 587 g/mol. The molecule has 0 radical (unpaired) electrons. The monoisotopic (exact) mass is 586 g/mol. The molecule has 2 aromatic carbocycles. The zero-order valence-corrected chi connectivity index (χ0v) is 24.1. The van der Waals surface area contributed by atoms with E-state index >= 15 is 0 Å². The van der Waals surface area contributed by atoms with Gasteiger partial charge in [0.15, 0.2) is 29.2 Å². The number of nitrogens with zero attached hydrogens (tertiary/aromatic N) is 1. The van der Waals surface area contributed by atoms with Crippen molar-refractivity contribution in [1.29, 1.82) is 0 Å². The summed E-state index contributed by atoms with van der Waals surface area (Å²) in [6, 6.07) is 6.84. The quantitative estimate of drug-likeness (QED) is 0.0890. The Morgan fingerprint density at radius 2 is 1.76 bits per heavy atom. The molecular formula is C28H34N4O10. The van der Waals surface area contributed by atoms with Gasteiger partial charge in [0.1, 0.15) is 6.61 Å². The number of benzene rings is 2. The Hall–Kier alpha value is -4.98. The van der Waals surface area contributed by atoms with Crippen molar-refractivity contribution in [3.8, 4) is 28.7 Å². The third-order valence-electron chi connectivity index (χ3n) is 5.84. The first-order valence-corrected chi connectivity index (χ1v) is 12.8. The van der Waals surface area contributed by atoms with Crippen LogP contribution in [-0.2, 0) is 14.3 Å². The smallest absolute Gasteiger partial charge is 0.337 e. The molecule has 1 aliphatic heterocycles. The first kappa shape index (κ1) is 31.5. The summed E-state index contributed by atoms with van der Waals surface area (Å²) in [6.45, 7) is 4.78. The van der Waals surface area contributed by atoms with Crippen molar-refractivity contribution in [2.24, 2.45) is 5.10 Å².